The molecule has 14 heavy (non-hydrogen) atoms. The molecule has 1 nitrogen and oxygen atoms in total. The van der Waals surface area contributed by atoms with Gasteiger partial charge in [0.25, 0.3) is 0 Å². The lowest BCUT2D eigenvalue weighted by atomic mass is 9.47. The molecule has 0 N–H and O–H groups in total. The first-order valence-corrected chi connectivity index (χ1v) is 5.83. The minimum absolute atomic E-state index is 0.0237. The van der Waals surface area contributed by atoms with Crippen LogP contribution in [0, 0.1) is 28.1 Å². The van der Waals surface area contributed by atoms with Crippen LogP contribution in [0.5, 0.6) is 0 Å². The summed E-state index contributed by atoms with van der Waals surface area (Å²) in [6.07, 6.45) is 3.57. The van der Waals surface area contributed by atoms with E-state index in [0.717, 1.165) is 12.8 Å². The monoisotopic (exact) mass is 192 g/mol. The molecule has 4 atom stereocenters. The van der Waals surface area contributed by atoms with Crippen molar-refractivity contribution in [3.8, 4) is 0 Å². The van der Waals surface area contributed by atoms with Gasteiger partial charge in [-0.25, -0.2) is 0 Å². The molecule has 0 spiro atoms. The third-order valence-corrected chi connectivity index (χ3v) is 5.36. The van der Waals surface area contributed by atoms with Gasteiger partial charge in [0.2, 0.25) is 0 Å². The number of Topliss-reactive ketones (excluding diaryl/α,β-unsaturated/α-hetero) is 1. The molecule has 2 bridgehead atoms. The van der Waals surface area contributed by atoms with Gasteiger partial charge < -0.3 is 0 Å². The second kappa shape index (κ2) is 1.96. The summed E-state index contributed by atoms with van der Waals surface area (Å²) in [6.45, 7) is 9.26. The van der Waals surface area contributed by atoms with Crippen LogP contribution in [-0.4, -0.2) is 5.78 Å². The van der Waals surface area contributed by atoms with Gasteiger partial charge >= 0.3 is 0 Å². The van der Waals surface area contributed by atoms with E-state index in [4.69, 9.17) is 0 Å². The summed E-state index contributed by atoms with van der Waals surface area (Å²) in [4.78, 5) is 12.2. The van der Waals surface area contributed by atoms with Crippen LogP contribution in [0.1, 0.15) is 47.0 Å². The first kappa shape index (κ1) is 8.94. The molecule has 0 amide bonds. The van der Waals surface area contributed by atoms with Crippen LogP contribution in [0.15, 0.2) is 0 Å². The molecule has 1 heteroatoms. The highest BCUT2D eigenvalue weighted by Crippen LogP contribution is 2.74. The molecule has 3 aliphatic carbocycles. The van der Waals surface area contributed by atoms with E-state index in [0.29, 0.717) is 28.4 Å². The first-order valence-electron chi connectivity index (χ1n) is 5.83. The number of carbonyl (C=O) groups is 1. The van der Waals surface area contributed by atoms with Crippen LogP contribution in [0.2, 0.25) is 0 Å². The Morgan fingerprint density at radius 1 is 1.14 bits per heavy atom. The Morgan fingerprint density at radius 3 is 2.43 bits per heavy atom. The van der Waals surface area contributed by atoms with Crippen molar-refractivity contribution in [2.24, 2.45) is 28.1 Å². The second-order valence-corrected chi connectivity index (χ2v) is 7.21. The molecule has 0 aromatic carbocycles. The molecule has 78 valence electrons. The van der Waals surface area contributed by atoms with Gasteiger partial charge in [-0.05, 0) is 36.0 Å². The highest BCUT2D eigenvalue weighted by atomic mass is 16.1. The number of carbonyl (C=O) groups excluding carboxylic acids is 1. The van der Waals surface area contributed by atoms with E-state index in [9.17, 15) is 4.79 Å². The fraction of sp³-hybridized carbons (Fsp3) is 0.923. The highest BCUT2D eigenvalue weighted by Gasteiger charge is 2.72. The van der Waals surface area contributed by atoms with E-state index < -0.39 is 0 Å². The van der Waals surface area contributed by atoms with E-state index in [2.05, 4.69) is 27.7 Å². The van der Waals surface area contributed by atoms with Crippen LogP contribution in [0.25, 0.3) is 0 Å². The Balaban J connectivity index is 2.12. The lowest BCUT2D eigenvalue weighted by molar-refractivity contribution is -0.151. The van der Waals surface area contributed by atoms with Gasteiger partial charge in [0.05, 0.1) is 0 Å². The van der Waals surface area contributed by atoms with Crippen LogP contribution < -0.4 is 0 Å². The third kappa shape index (κ3) is 0.730. The molecule has 0 aromatic heterocycles. The summed E-state index contributed by atoms with van der Waals surface area (Å²) < 4.78 is 0. The van der Waals surface area contributed by atoms with Crippen molar-refractivity contribution < 1.29 is 4.79 Å². The Bertz CT molecular complexity index is 330. The van der Waals surface area contributed by atoms with Gasteiger partial charge in [-0.3, -0.25) is 4.79 Å². The average Bonchev–Trinajstić information content (AvgIpc) is 2.10. The largest absolute Gasteiger partial charge is 0.299 e. The number of hydrogen-bond acceptors (Lipinski definition) is 1. The Kier molecular flexibility index (Phi) is 1.25. The summed E-state index contributed by atoms with van der Waals surface area (Å²) in [6, 6.07) is 0. The number of ketones is 1. The van der Waals surface area contributed by atoms with Crippen molar-refractivity contribution in [3.05, 3.63) is 0 Å². The Hall–Kier alpha value is -0.330. The first-order chi connectivity index (χ1) is 6.29. The topological polar surface area (TPSA) is 17.1 Å². The van der Waals surface area contributed by atoms with Crippen molar-refractivity contribution in [3.63, 3.8) is 0 Å². The van der Waals surface area contributed by atoms with Crippen LogP contribution in [-0.2, 0) is 4.79 Å². The van der Waals surface area contributed by atoms with Gasteiger partial charge in [0, 0.05) is 11.3 Å². The van der Waals surface area contributed by atoms with E-state index in [1.54, 1.807) is 0 Å². The molecule has 3 saturated carbocycles. The van der Waals surface area contributed by atoms with Gasteiger partial charge in [-0.15, -0.1) is 0 Å². The molecule has 3 aliphatic rings. The standard InChI is InChI=1S/C13H20O/c1-11(2)6-13(4)7-12(3)5-8(11)9(12)10(13)14/h8-9H,5-7H2,1-4H3. The number of rotatable bonds is 0. The molecule has 4 unspecified atom stereocenters. The molecule has 0 aromatic rings. The maximum atomic E-state index is 12.2. The predicted octanol–water partition coefficient (Wildman–Crippen LogP) is 3.04. The zero-order chi connectivity index (χ0) is 10.4. The van der Waals surface area contributed by atoms with E-state index in [-0.39, 0.29) is 5.41 Å². The van der Waals surface area contributed by atoms with Crippen molar-refractivity contribution in [2.45, 2.75) is 47.0 Å². The summed E-state index contributed by atoms with van der Waals surface area (Å²) in [7, 11) is 0. The maximum Gasteiger partial charge on any atom is 0.142 e. The SMILES string of the molecule is CC12CC(C)(C)C3CC(C)(C1)C3C2=O. The molecule has 0 radical (unpaired) electrons. The predicted molar refractivity (Wildman–Crippen MR) is 55.8 cm³/mol. The molecule has 0 aliphatic heterocycles. The van der Waals surface area contributed by atoms with Crippen LogP contribution >= 0.6 is 0 Å². The van der Waals surface area contributed by atoms with E-state index in [1.807, 2.05) is 0 Å². The lowest BCUT2D eigenvalue weighted by Crippen LogP contribution is -2.54. The molecule has 0 heterocycles. The number of fused-ring (bicyclic) bond motifs is 1. The smallest absolute Gasteiger partial charge is 0.142 e. The summed E-state index contributed by atoms with van der Waals surface area (Å²) in [5.74, 6) is 1.70. The zero-order valence-electron chi connectivity index (χ0n) is 9.68. The van der Waals surface area contributed by atoms with E-state index in [1.165, 1.54) is 6.42 Å². The van der Waals surface area contributed by atoms with Crippen molar-refractivity contribution in [2.75, 3.05) is 0 Å². The molecule has 3 fully saturated rings. The summed E-state index contributed by atoms with van der Waals surface area (Å²) in [5.41, 5.74) is 0.809. The van der Waals surface area contributed by atoms with Crippen molar-refractivity contribution >= 4 is 5.78 Å². The van der Waals surface area contributed by atoms with Gasteiger partial charge in [0.1, 0.15) is 5.78 Å². The maximum absolute atomic E-state index is 12.2. The number of hydrogen-bond donors (Lipinski definition) is 0. The lowest BCUT2D eigenvalue weighted by Gasteiger charge is -2.56. The van der Waals surface area contributed by atoms with Crippen molar-refractivity contribution in [1.82, 2.24) is 0 Å². The fourth-order valence-corrected chi connectivity index (χ4v) is 5.12. The third-order valence-electron chi connectivity index (χ3n) is 5.36. The van der Waals surface area contributed by atoms with Gasteiger partial charge in [-0.2, -0.15) is 0 Å². The quantitative estimate of drug-likeness (QED) is 0.576. The second-order valence-electron chi connectivity index (χ2n) is 7.21. The van der Waals surface area contributed by atoms with Crippen LogP contribution in [0.3, 0.4) is 0 Å². The molecule has 3 rings (SSSR count). The fourth-order valence-electron chi connectivity index (χ4n) is 5.12. The normalized spacial score (nSPS) is 58.4. The van der Waals surface area contributed by atoms with Gasteiger partial charge in [-0.1, -0.05) is 27.7 Å². The summed E-state index contributed by atoms with van der Waals surface area (Å²) in [5, 5.41) is 0. The molecular weight excluding hydrogens is 172 g/mol. The minimum Gasteiger partial charge on any atom is -0.299 e. The minimum atomic E-state index is 0.0237. The molecular formula is C13H20O. The zero-order valence-corrected chi connectivity index (χ0v) is 9.68. The highest BCUT2D eigenvalue weighted by molar-refractivity contribution is 5.92. The van der Waals surface area contributed by atoms with E-state index >= 15 is 0 Å². The molecule has 0 saturated heterocycles. The van der Waals surface area contributed by atoms with Gasteiger partial charge in [0.15, 0.2) is 0 Å². The van der Waals surface area contributed by atoms with Crippen molar-refractivity contribution in [1.29, 1.82) is 0 Å². The van der Waals surface area contributed by atoms with Crippen LogP contribution in [0.4, 0.5) is 0 Å². The Labute approximate surface area is 86.3 Å². The average molecular weight is 192 g/mol. The summed E-state index contributed by atoms with van der Waals surface area (Å²) >= 11 is 0. The Morgan fingerprint density at radius 2 is 1.79 bits per heavy atom.